The minimum atomic E-state index is 0.632. The van der Waals surface area contributed by atoms with E-state index in [1.54, 1.807) is 0 Å². The molecule has 0 radical (unpaired) electrons. The maximum absolute atomic E-state index is 2.28. The Bertz CT molecular complexity index is 319. The lowest BCUT2D eigenvalue weighted by molar-refractivity contribution is 0.810. The van der Waals surface area contributed by atoms with E-state index < -0.39 is 0 Å². The van der Waals surface area contributed by atoms with Gasteiger partial charge in [0.15, 0.2) is 0 Å². The molecule has 78 valence electrons. The Morgan fingerprint density at radius 2 is 1.43 bits per heavy atom. The Morgan fingerprint density at radius 1 is 0.857 bits per heavy atom. The summed E-state index contributed by atoms with van der Waals surface area (Å²) in [6.45, 7) is 13.6. The summed E-state index contributed by atoms with van der Waals surface area (Å²) in [5, 5.41) is 0. The quantitative estimate of drug-likeness (QED) is 0.641. The van der Waals surface area contributed by atoms with Crippen LogP contribution in [0.2, 0.25) is 0 Å². The van der Waals surface area contributed by atoms with Crippen molar-refractivity contribution >= 4 is 0 Å². The highest BCUT2D eigenvalue weighted by atomic mass is 14.2. The van der Waals surface area contributed by atoms with Crippen LogP contribution in [0, 0.1) is 13.8 Å². The topological polar surface area (TPSA) is 0 Å². The predicted molar refractivity (Wildman–Crippen MR) is 64.1 cm³/mol. The molecule has 0 amide bonds. The van der Waals surface area contributed by atoms with E-state index >= 15 is 0 Å². The van der Waals surface area contributed by atoms with Crippen molar-refractivity contribution in [1.82, 2.24) is 0 Å². The Morgan fingerprint density at radius 3 is 1.86 bits per heavy atom. The van der Waals surface area contributed by atoms with Crippen molar-refractivity contribution in [3.8, 4) is 0 Å². The van der Waals surface area contributed by atoms with Crippen LogP contribution in [0.5, 0.6) is 0 Å². The van der Waals surface area contributed by atoms with E-state index in [9.17, 15) is 0 Å². The first kappa shape index (κ1) is 11.3. The molecule has 0 unspecified atom stereocenters. The zero-order valence-corrected chi connectivity index (χ0v) is 10.3. The zero-order valence-electron chi connectivity index (χ0n) is 10.3. The SMILES string of the molecule is Cc1ccc(C(C)C)c(C)c1C(C)C. The lowest BCUT2D eigenvalue weighted by atomic mass is 9.87. The summed E-state index contributed by atoms with van der Waals surface area (Å²) < 4.78 is 0. The van der Waals surface area contributed by atoms with Crippen molar-refractivity contribution in [1.29, 1.82) is 0 Å². The van der Waals surface area contributed by atoms with Gasteiger partial charge in [0.25, 0.3) is 0 Å². The molecule has 0 atom stereocenters. The largest absolute Gasteiger partial charge is 0.0587 e. The monoisotopic (exact) mass is 190 g/mol. The molecule has 14 heavy (non-hydrogen) atoms. The van der Waals surface area contributed by atoms with Crippen molar-refractivity contribution in [2.75, 3.05) is 0 Å². The van der Waals surface area contributed by atoms with Crippen molar-refractivity contribution in [2.45, 2.75) is 53.4 Å². The second-order valence-electron chi connectivity index (χ2n) is 4.82. The molecule has 0 nitrogen and oxygen atoms in total. The molecule has 0 heteroatoms. The number of aryl methyl sites for hydroxylation is 1. The molecule has 1 rings (SSSR count). The molecule has 0 aliphatic rings. The van der Waals surface area contributed by atoms with Gasteiger partial charge in [0.2, 0.25) is 0 Å². The van der Waals surface area contributed by atoms with Gasteiger partial charge in [-0.2, -0.15) is 0 Å². The van der Waals surface area contributed by atoms with Crippen LogP contribution in [0.25, 0.3) is 0 Å². The molecule has 0 fully saturated rings. The van der Waals surface area contributed by atoms with E-state index in [1.807, 2.05) is 0 Å². The average molecular weight is 190 g/mol. The summed E-state index contributed by atoms with van der Waals surface area (Å²) in [6.07, 6.45) is 0. The maximum Gasteiger partial charge on any atom is -0.0213 e. The molecule has 0 bridgehead atoms. The minimum absolute atomic E-state index is 0.632. The van der Waals surface area contributed by atoms with Crippen molar-refractivity contribution in [3.63, 3.8) is 0 Å². The Balaban J connectivity index is 3.34. The summed E-state index contributed by atoms with van der Waals surface area (Å²) >= 11 is 0. The third kappa shape index (κ3) is 2.00. The lowest BCUT2D eigenvalue weighted by Gasteiger charge is -2.19. The highest BCUT2D eigenvalue weighted by Crippen LogP contribution is 2.29. The van der Waals surface area contributed by atoms with E-state index in [2.05, 4.69) is 53.7 Å². The summed E-state index contributed by atoms with van der Waals surface area (Å²) in [5.41, 5.74) is 5.97. The van der Waals surface area contributed by atoms with Crippen LogP contribution in [0.3, 0.4) is 0 Å². The highest BCUT2D eigenvalue weighted by molar-refractivity contribution is 5.42. The van der Waals surface area contributed by atoms with E-state index in [-0.39, 0.29) is 0 Å². The van der Waals surface area contributed by atoms with E-state index in [1.165, 1.54) is 22.3 Å². The average Bonchev–Trinajstić information content (AvgIpc) is 2.02. The summed E-state index contributed by atoms with van der Waals surface area (Å²) in [4.78, 5) is 0. The van der Waals surface area contributed by atoms with Gasteiger partial charge in [-0.05, 0) is 47.9 Å². The number of hydrogen-bond donors (Lipinski definition) is 0. The number of hydrogen-bond acceptors (Lipinski definition) is 0. The van der Waals surface area contributed by atoms with E-state index in [0.717, 1.165) is 0 Å². The van der Waals surface area contributed by atoms with Crippen molar-refractivity contribution < 1.29 is 0 Å². The van der Waals surface area contributed by atoms with Crippen molar-refractivity contribution in [2.24, 2.45) is 0 Å². The minimum Gasteiger partial charge on any atom is -0.0587 e. The molecule has 0 saturated heterocycles. The molecular formula is C14H22. The first-order valence-corrected chi connectivity index (χ1v) is 5.55. The fourth-order valence-corrected chi connectivity index (χ4v) is 2.39. The van der Waals surface area contributed by atoms with Gasteiger partial charge in [-0.25, -0.2) is 0 Å². The Hall–Kier alpha value is -0.780. The number of rotatable bonds is 2. The third-order valence-electron chi connectivity index (χ3n) is 2.97. The lowest BCUT2D eigenvalue weighted by Crippen LogP contribution is -2.01. The second kappa shape index (κ2) is 4.16. The summed E-state index contributed by atoms with van der Waals surface area (Å²) in [5.74, 6) is 1.27. The molecule has 0 heterocycles. The first-order valence-electron chi connectivity index (χ1n) is 5.55. The second-order valence-corrected chi connectivity index (χ2v) is 4.82. The smallest absolute Gasteiger partial charge is 0.0213 e. The number of benzene rings is 1. The van der Waals surface area contributed by atoms with Gasteiger partial charge >= 0.3 is 0 Å². The van der Waals surface area contributed by atoms with Gasteiger partial charge in [0.05, 0.1) is 0 Å². The maximum atomic E-state index is 2.28. The Kier molecular flexibility index (Phi) is 3.36. The highest BCUT2D eigenvalue weighted by Gasteiger charge is 2.12. The summed E-state index contributed by atoms with van der Waals surface area (Å²) in [6, 6.07) is 4.54. The van der Waals surface area contributed by atoms with Crippen LogP contribution in [0.15, 0.2) is 12.1 Å². The third-order valence-corrected chi connectivity index (χ3v) is 2.97. The van der Waals surface area contributed by atoms with Gasteiger partial charge < -0.3 is 0 Å². The fraction of sp³-hybridized carbons (Fsp3) is 0.571. The molecule has 1 aromatic carbocycles. The van der Waals surface area contributed by atoms with Crippen LogP contribution < -0.4 is 0 Å². The van der Waals surface area contributed by atoms with Gasteiger partial charge in [-0.1, -0.05) is 39.8 Å². The normalized spacial score (nSPS) is 11.4. The molecule has 0 spiro atoms. The van der Waals surface area contributed by atoms with Gasteiger partial charge in [0.1, 0.15) is 0 Å². The first-order chi connectivity index (χ1) is 6.45. The van der Waals surface area contributed by atoms with Crippen LogP contribution in [-0.2, 0) is 0 Å². The van der Waals surface area contributed by atoms with Crippen LogP contribution in [-0.4, -0.2) is 0 Å². The van der Waals surface area contributed by atoms with Crippen LogP contribution in [0.4, 0.5) is 0 Å². The molecular weight excluding hydrogens is 168 g/mol. The molecule has 0 saturated carbocycles. The molecule has 1 aromatic rings. The fourth-order valence-electron chi connectivity index (χ4n) is 2.39. The molecule has 0 aromatic heterocycles. The zero-order chi connectivity index (χ0) is 10.9. The predicted octanol–water partition coefficient (Wildman–Crippen LogP) is 4.55. The molecule has 0 aliphatic carbocycles. The van der Waals surface area contributed by atoms with Crippen molar-refractivity contribution in [3.05, 3.63) is 34.4 Å². The van der Waals surface area contributed by atoms with E-state index in [0.29, 0.717) is 11.8 Å². The molecule has 0 aliphatic heterocycles. The Labute approximate surface area is 88.4 Å². The van der Waals surface area contributed by atoms with E-state index in [4.69, 9.17) is 0 Å². The summed E-state index contributed by atoms with van der Waals surface area (Å²) in [7, 11) is 0. The van der Waals surface area contributed by atoms with Gasteiger partial charge in [0, 0.05) is 0 Å². The van der Waals surface area contributed by atoms with Crippen LogP contribution >= 0.6 is 0 Å². The van der Waals surface area contributed by atoms with Crippen LogP contribution in [0.1, 0.15) is 61.8 Å². The standard InChI is InChI=1S/C14H22/c1-9(2)13-8-7-11(5)14(10(3)4)12(13)6/h7-10H,1-6H3. The van der Waals surface area contributed by atoms with Gasteiger partial charge in [-0.3, -0.25) is 0 Å². The molecule has 0 N–H and O–H groups in total. The van der Waals surface area contributed by atoms with Gasteiger partial charge in [-0.15, -0.1) is 0 Å².